The Kier molecular flexibility index (Phi) is 3.61. The average Bonchev–Trinajstić information content (AvgIpc) is 2.37. The van der Waals surface area contributed by atoms with Gasteiger partial charge in [-0.2, -0.15) is 0 Å². The molecule has 18 heavy (non-hydrogen) atoms. The third-order valence-electron chi connectivity index (χ3n) is 2.16. The van der Waals surface area contributed by atoms with E-state index in [2.05, 4.69) is 16.8 Å². The fraction of sp³-hybridized carbons (Fsp3) is 0. The van der Waals surface area contributed by atoms with E-state index in [9.17, 15) is 4.79 Å². The van der Waals surface area contributed by atoms with Gasteiger partial charge < -0.3 is 5.11 Å². The van der Waals surface area contributed by atoms with E-state index in [0.717, 1.165) is 5.56 Å². The molecule has 2 aromatic rings. The molecule has 0 bridgehead atoms. The number of halogens is 1. The zero-order chi connectivity index (χ0) is 13.0. The number of benzene rings is 1. The number of aromatic nitrogens is 1. The number of nitrogens with zero attached hydrogens (tertiary/aromatic N) is 1. The van der Waals surface area contributed by atoms with E-state index in [1.54, 1.807) is 18.2 Å². The van der Waals surface area contributed by atoms with Crippen LogP contribution in [-0.2, 0) is 0 Å². The van der Waals surface area contributed by atoms with E-state index in [0.29, 0.717) is 10.6 Å². The van der Waals surface area contributed by atoms with Gasteiger partial charge in [0.15, 0.2) is 0 Å². The van der Waals surface area contributed by atoms with Crippen LogP contribution in [-0.4, -0.2) is 16.1 Å². The highest BCUT2D eigenvalue weighted by Crippen LogP contribution is 2.09. The monoisotopic (exact) mass is 257 g/mol. The predicted octanol–water partition coefficient (Wildman–Crippen LogP) is 2.83. The van der Waals surface area contributed by atoms with Gasteiger partial charge >= 0.3 is 5.97 Å². The summed E-state index contributed by atoms with van der Waals surface area (Å²) in [6, 6.07) is 8.61. The van der Waals surface area contributed by atoms with Crippen LogP contribution in [0.15, 0.2) is 42.7 Å². The lowest BCUT2D eigenvalue weighted by molar-refractivity contribution is 0.0696. The van der Waals surface area contributed by atoms with Crippen molar-refractivity contribution in [2.45, 2.75) is 0 Å². The molecule has 1 heterocycles. The van der Waals surface area contributed by atoms with Crippen LogP contribution in [0.25, 0.3) is 0 Å². The Morgan fingerprint density at radius 2 is 1.94 bits per heavy atom. The molecule has 0 spiro atoms. The van der Waals surface area contributed by atoms with Crippen LogP contribution in [0.5, 0.6) is 0 Å². The minimum absolute atomic E-state index is 0.118. The first kappa shape index (κ1) is 12.2. The summed E-state index contributed by atoms with van der Waals surface area (Å²) in [5.74, 6) is 4.73. The van der Waals surface area contributed by atoms with Crippen molar-refractivity contribution in [3.8, 4) is 11.8 Å². The molecule has 1 aromatic heterocycles. The molecular formula is C14H8ClNO2. The lowest BCUT2D eigenvalue weighted by atomic mass is 10.2. The zero-order valence-corrected chi connectivity index (χ0v) is 9.98. The number of rotatable bonds is 1. The Labute approximate surface area is 109 Å². The van der Waals surface area contributed by atoms with Crippen LogP contribution in [0.4, 0.5) is 0 Å². The summed E-state index contributed by atoms with van der Waals surface area (Å²) >= 11 is 5.84. The Morgan fingerprint density at radius 3 is 2.67 bits per heavy atom. The van der Waals surface area contributed by atoms with Crippen LogP contribution in [0, 0.1) is 11.8 Å². The summed E-state index contributed by atoms with van der Waals surface area (Å²) in [5, 5.41) is 9.44. The summed E-state index contributed by atoms with van der Waals surface area (Å²) in [6.45, 7) is 0. The third-order valence-corrected chi connectivity index (χ3v) is 2.40. The molecule has 0 unspecified atom stereocenters. The molecular weight excluding hydrogens is 250 g/mol. The Hall–Kier alpha value is -2.31. The number of pyridine rings is 1. The molecule has 4 heteroatoms. The molecule has 0 radical (unpaired) electrons. The van der Waals surface area contributed by atoms with Crippen molar-refractivity contribution < 1.29 is 9.90 Å². The van der Waals surface area contributed by atoms with Crippen LogP contribution in [0.2, 0.25) is 5.02 Å². The second kappa shape index (κ2) is 5.35. The molecule has 0 saturated carbocycles. The lowest BCUT2D eigenvalue weighted by Crippen LogP contribution is -1.97. The molecule has 3 nitrogen and oxygen atoms in total. The summed E-state index contributed by atoms with van der Waals surface area (Å²) in [6.07, 6.45) is 2.80. The van der Waals surface area contributed by atoms with E-state index in [1.165, 1.54) is 18.5 Å². The van der Waals surface area contributed by atoms with Crippen molar-refractivity contribution in [2.24, 2.45) is 0 Å². The van der Waals surface area contributed by atoms with E-state index >= 15 is 0 Å². The van der Waals surface area contributed by atoms with Crippen molar-refractivity contribution >= 4 is 17.6 Å². The lowest BCUT2D eigenvalue weighted by Gasteiger charge is -1.94. The van der Waals surface area contributed by atoms with Gasteiger partial charge in [0.1, 0.15) is 0 Å². The molecule has 0 amide bonds. The number of hydrogen-bond donors (Lipinski definition) is 1. The average molecular weight is 258 g/mol. The quantitative estimate of drug-likeness (QED) is 0.799. The van der Waals surface area contributed by atoms with Crippen molar-refractivity contribution in [3.05, 3.63) is 64.4 Å². The normalized spacial score (nSPS) is 9.39. The molecule has 88 valence electrons. The van der Waals surface area contributed by atoms with E-state index in [1.807, 2.05) is 6.07 Å². The van der Waals surface area contributed by atoms with Gasteiger partial charge in [0, 0.05) is 28.5 Å². The number of carboxylic acid groups (broad SMARTS) is 1. The fourth-order valence-electron chi connectivity index (χ4n) is 1.34. The van der Waals surface area contributed by atoms with Gasteiger partial charge in [0.05, 0.1) is 5.56 Å². The number of carbonyl (C=O) groups is 1. The van der Waals surface area contributed by atoms with E-state index in [4.69, 9.17) is 16.7 Å². The molecule has 1 aromatic carbocycles. The zero-order valence-electron chi connectivity index (χ0n) is 9.22. The standard InChI is InChI=1S/C14H8ClNO2/c15-13-3-1-2-10(7-13)4-5-11-6-12(14(17)18)9-16-8-11/h1-3,6-9H,(H,17,18). The molecule has 0 saturated heterocycles. The Bertz CT molecular complexity index is 656. The molecule has 0 aliphatic rings. The van der Waals surface area contributed by atoms with Crippen LogP contribution in [0.1, 0.15) is 21.5 Å². The van der Waals surface area contributed by atoms with Gasteiger partial charge in [-0.3, -0.25) is 4.98 Å². The topological polar surface area (TPSA) is 50.2 Å². The largest absolute Gasteiger partial charge is 0.478 e. The maximum Gasteiger partial charge on any atom is 0.337 e. The van der Waals surface area contributed by atoms with Gasteiger partial charge in [-0.1, -0.05) is 29.5 Å². The number of carboxylic acids is 1. The first-order valence-corrected chi connectivity index (χ1v) is 5.49. The van der Waals surface area contributed by atoms with Crippen molar-refractivity contribution in [1.82, 2.24) is 4.98 Å². The molecule has 0 aliphatic heterocycles. The molecule has 0 aliphatic carbocycles. The van der Waals surface area contributed by atoms with Crippen LogP contribution < -0.4 is 0 Å². The van der Waals surface area contributed by atoms with Gasteiger partial charge in [0.2, 0.25) is 0 Å². The maximum absolute atomic E-state index is 10.8. The first-order valence-electron chi connectivity index (χ1n) is 5.11. The van der Waals surface area contributed by atoms with Gasteiger partial charge in [-0.25, -0.2) is 4.79 Å². The minimum atomic E-state index is -1.02. The summed E-state index contributed by atoms with van der Waals surface area (Å²) < 4.78 is 0. The highest BCUT2D eigenvalue weighted by molar-refractivity contribution is 6.30. The first-order chi connectivity index (χ1) is 8.65. The number of aromatic carboxylic acids is 1. The van der Waals surface area contributed by atoms with Crippen molar-refractivity contribution in [2.75, 3.05) is 0 Å². The third kappa shape index (κ3) is 3.09. The molecule has 0 fully saturated rings. The Balaban J connectivity index is 2.30. The molecule has 2 rings (SSSR count). The second-order valence-electron chi connectivity index (χ2n) is 3.53. The molecule has 0 atom stereocenters. The van der Waals surface area contributed by atoms with Crippen molar-refractivity contribution in [1.29, 1.82) is 0 Å². The second-order valence-corrected chi connectivity index (χ2v) is 3.96. The summed E-state index contributed by atoms with van der Waals surface area (Å²) in [4.78, 5) is 14.6. The van der Waals surface area contributed by atoms with E-state index in [-0.39, 0.29) is 5.56 Å². The predicted molar refractivity (Wildman–Crippen MR) is 68.6 cm³/mol. The fourth-order valence-corrected chi connectivity index (χ4v) is 1.53. The summed E-state index contributed by atoms with van der Waals surface area (Å²) in [7, 11) is 0. The minimum Gasteiger partial charge on any atom is -0.478 e. The maximum atomic E-state index is 10.8. The van der Waals surface area contributed by atoms with E-state index < -0.39 is 5.97 Å². The van der Waals surface area contributed by atoms with Crippen LogP contribution >= 0.6 is 11.6 Å². The SMILES string of the molecule is O=C(O)c1cncc(C#Cc2cccc(Cl)c2)c1. The number of hydrogen-bond acceptors (Lipinski definition) is 2. The Morgan fingerprint density at radius 1 is 1.17 bits per heavy atom. The van der Waals surface area contributed by atoms with Crippen LogP contribution in [0.3, 0.4) is 0 Å². The van der Waals surface area contributed by atoms with Gasteiger partial charge in [0.25, 0.3) is 0 Å². The van der Waals surface area contributed by atoms with Gasteiger partial charge in [-0.05, 0) is 24.3 Å². The highest BCUT2D eigenvalue weighted by Gasteiger charge is 2.02. The molecule has 1 N–H and O–H groups in total. The van der Waals surface area contributed by atoms with Crippen molar-refractivity contribution in [3.63, 3.8) is 0 Å². The summed E-state index contributed by atoms with van der Waals surface area (Å²) in [5.41, 5.74) is 1.44. The highest BCUT2D eigenvalue weighted by atomic mass is 35.5. The smallest absolute Gasteiger partial charge is 0.337 e. The van der Waals surface area contributed by atoms with Gasteiger partial charge in [-0.15, -0.1) is 0 Å².